The molecule has 1 aliphatic heterocycles. The Morgan fingerprint density at radius 2 is 2.22 bits per heavy atom. The van der Waals surface area contributed by atoms with Crippen LogP contribution in [0.1, 0.15) is 18.9 Å². The summed E-state index contributed by atoms with van der Waals surface area (Å²) < 4.78 is 10.4. The lowest BCUT2D eigenvalue weighted by Crippen LogP contribution is -2.39. The molecular formula is C20H27N3O4. The zero-order valence-electron chi connectivity index (χ0n) is 16.1. The van der Waals surface area contributed by atoms with Crippen molar-refractivity contribution in [2.45, 2.75) is 25.8 Å². The fourth-order valence-corrected chi connectivity index (χ4v) is 3.62. The maximum absolute atomic E-state index is 12.5. The van der Waals surface area contributed by atoms with Gasteiger partial charge in [0, 0.05) is 43.7 Å². The molecule has 27 heavy (non-hydrogen) atoms. The quantitative estimate of drug-likeness (QED) is 0.738. The van der Waals surface area contributed by atoms with Gasteiger partial charge in [-0.1, -0.05) is 0 Å². The van der Waals surface area contributed by atoms with Crippen LogP contribution in [0.3, 0.4) is 0 Å². The molecule has 0 spiro atoms. The molecule has 2 heterocycles. The van der Waals surface area contributed by atoms with Crippen molar-refractivity contribution in [2.75, 3.05) is 33.9 Å². The van der Waals surface area contributed by atoms with Crippen molar-refractivity contribution < 1.29 is 19.1 Å². The van der Waals surface area contributed by atoms with Gasteiger partial charge in [-0.15, -0.1) is 0 Å². The van der Waals surface area contributed by atoms with E-state index in [9.17, 15) is 9.59 Å². The van der Waals surface area contributed by atoms with Crippen LogP contribution < -0.4 is 10.1 Å². The van der Waals surface area contributed by atoms with Crippen molar-refractivity contribution >= 4 is 22.7 Å². The summed E-state index contributed by atoms with van der Waals surface area (Å²) in [6.07, 6.45) is 2.94. The maximum Gasteiger partial charge on any atom is 0.225 e. The molecule has 1 aromatic carbocycles. The number of ether oxygens (including phenoxy) is 2. The molecule has 1 fully saturated rings. The summed E-state index contributed by atoms with van der Waals surface area (Å²) in [7, 11) is 3.26. The highest BCUT2D eigenvalue weighted by atomic mass is 16.5. The third kappa shape index (κ3) is 4.24. The van der Waals surface area contributed by atoms with Gasteiger partial charge in [-0.3, -0.25) is 9.59 Å². The Kier molecular flexibility index (Phi) is 6.01. The van der Waals surface area contributed by atoms with Crippen LogP contribution >= 0.6 is 0 Å². The van der Waals surface area contributed by atoms with Gasteiger partial charge >= 0.3 is 0 Å². The average molecular weight is 373 g/mol. The third-order valence-corrected chi connectivity index (χ3v) is 5.14. The number of hydrogen-bond donors (Lipinski definition) is 2. The van der Waals surface area contributed by atoms with Crippen molar-refractivity contribution in [3.8, 4) is 5.75 Å². The third-order valence-electron chi connectivity index (χ3n) is 5.14. The standard InChI is InChI=1S/C20H27N3O4/c1-13(12-26-2)23-11-15(8-19(23)24)20(25)21-7-6-14-10-22-18-5-4-16(27-3)9-17(14)18/h4-5,9-10,13,15,22H,6-8,11-12H2,1-3H3,(H,21,25)/t13-,15-/m1/s1. The molecule has 0 bridgehead atoms. The van der Waals surface area contributed by atoms with Crippen LogP contribution in [-0.2, 0) is 20.7 Å². The van der Waals surface area contributed by atoms with E-state index in [2.05, 4.69) is 10.3 Å². The van der Waals surface area contributed by atoms with E-state index < -0.39 is 0 Å². The first-order valence-corrected chi connectivity index (χ1v) is 9.23. The van der Waals surface area contributed by atoms with E-state index in [4.69, 9.17) is 9.47 Å². The number of aromatic amines is 1. The Hall–Kier alpha value is -2.54. The maximum atomic E-state index is 12.5. The number of H-pyrrole nitrogens is 1. The Labute approximate surface area is 159 Å². The smallest absolute Gasteiger partial charge is 0.225 e. The van der Waals surface area contributed by atoms with E-state index >= 15 is 0 Å². The molecule has 0 aliphatic carbocycles. The van der Waals surface area contributed by atoms with Crippen LogP contribution in [0.4, 0.5) is 0 Å². The highest BCUT2D eigenvalue weighted by Gasteiger charge is 2.36. The van der Waals surface area contributed by atoms with Gasteiger partial charge in [-0.25, -0.2) is 0 Å². The molecule has 146 valence electrons. The number of aromatic nitrogens is 1. The number of amides is 2. The van der Waals surface area contributed by atoms with Gasteiger partial charge in [0.15, 0.2) is 0 Å². The molecule has 1 aromatic heterocycles. The van der Waals surface area contributed by atoms with E-state index in [-0.39, 0.29) is 30.2 Å². The van der Waals surface area contributed by atoms with Gasteiger partial charge < -0.3 is 24.7 Å². The summed E-state index contributed by atoms with van der Waals surface area (Å²) in [5.41, 5.74) is 2.17. The summed E-state index contributed by atoms with van der Waals surface area (Å²) in [6.45, 7) is 3.40. The Balaban J connectivity index is 1.54. The summed E-state index contributed by atoms with van der Waals surface area (Å²) in [5.74, 6) is 0.471. The van der Waals surface area contributed by atoms with Gasteiger partial charge in [0.05, 0.1) is 25.7 Å². The Morgan fingerprint density at radius 3 is 2.96 bits per heavy atom. The highest BCUT2D eigenvalue weighted by molar-refractivity contribution is 5.89. The second kappa shape index (κ2) is 8.43. The number of rotatable bonds is 8. The zero-order chi connectivity index (χ0) is 19.4. The van der Waals surface area contributed by atoms with Crippen LogP contribution in [0.2, 0.25) is 0 Å². The molecule has 2 aromatic rings. The normalized spacial score (nSPS) is 18.1. The van der Waals surface area contributed by atoms with Crippen molar-refractivity contribution in [1.82, 2.24) is 15.2 Å². The largest absolute Gasteiger partial charge is 0.497 e. The number of nitrogens with one attached hydrogen (secondary N) is 2. The molecule has 3 rings (SSSR count). The van der Waals surface area contributed by atoms with Gasteiger partial charge in [-0.2, -0.15) is 0 Å². The molecule has 2 N–H and O–H groups in total. The van der Waals surface area contributed by atoms with E-state index in [1.54, 1.807) is 19.1 Å². The lowest BCUT2D eigenvalue weighted by molar-refractivity contribution is -0.130. The number of hydrogen-bond acceptors (Lipinski definition) is 4. The average Bonchev–Trinajstić information content (AvgIpc) is 3.25. The van der Waals surface area contributed by atoms with E-state index in [0.29, 0.717) is 26.1 Å². The van der Waals surface area contributed by atoms with E-state index in [1.807, 2.05) is 31.3 Å². The van der Waals surface area contributed by atoms with Crippen LogP contribution in [-0.4, -0.2) is 61.7 Å². The topological polar surface area (TPSA) is 83.7 Å². The Morgan fingerprint density at radius 1 is 1.41 bits per heavy atom. The molecule has 7 nitrogen and oxygen atoms in total. The minimum absolute atomic E-state index is 0.0125. The first-order chi connectivity index (χ1) is 13.0. The zero-order valence-corrected chi connectivity index (χ0v) is 16.1. The van der Waals surface area contributed by atoms with Crippen LogP contribution in [0.5, 0.6) is 5.75 Å². The minimum atomic E-state index is -0.292. The minimum Gasteiger partial charge on any atom is -0.497 e. The molecule has 1 aliphatic rings. The van der Waals surface area contributed by atoms with Crippen molar-refractivity contribution in [2.24, 2.45) is 5.92 Å². The SMILES string of the molecule is COC[C@@H](C)N1C[C@H](C(=O)NCCc2c[nH]c3ccc(OC)cc23)CC1=O. The summed E-state index contributed by atoms with van der Waals surface area (Å²) >= 11 is 0. The number of benzene rings is 1. The number of carbonyl (C=O) groups is 2. The summed E-state index contributed by atoms with van der Waals surface area (Å²) in [6, 6.07) is 5.88. The predicted molar refractivity (Wildman–Crippen MR) is 103 cm³/mol. The summed E-state index contributed by atoms with van der Waals surface area (Å²) in [5, 5.41) is 4.07. The van der Waals surface area contributed by atoms with Gasteiger partial charge in [0.25, 0.3) is 0 Å². The highest BCUT2D eigenvalue weighted by Crippen LogP contribution is 2.24. The fourth-order valence-electron chi connectivity index (χ4n) is 3.62. The second-order valence-electron chi connectivity index (χ2n) is 7.02. The van der Waals surface area contributed by atoms with Crippen LogP contribution in [0.15, 0.2) is 24.4 Å². The molecule has 7 heteroatoms. The number of carbonyl (C=O) groups excluding carboxylic acids is 2. The van der Waals surface area contributed by atoms with Crippen LogP contribution in [0.25, 0.3) is 10.9 Å². The molecule has 1 saturated heterocycles. The number of methoxy groups -OCH3 is 2. The number of likely N-dealkylation sites (tertiary alicyclic amines) is 1. The summed E-state index contributed by atoms with van der Waals surface area (Å²) in [4.78, 5) is 29.6. The molecule has 0 saturated carbocycles. The second-order valence-corrected chi connectivity index (χ2v) is 7.02. The molecule has 0 radical (unpaired) electrons. The molecule has 0 unspecified atom stereocenters. The van der Waals surface area contributed by atoms with Crippen LogP contribution in [0, 0.1) is 5.92 Å². The lowest BCUT2D eigenvalue weighted by Gasteiger charge is -2.23. The first-order valence-electron chi connectivity index (χ1n) is 9.23. The van der Waals surface area contributed by atoms with Crippen molar-refractivity contribution in [3.63, 3.8) is 0 Å². The van der Waals surface area contributed by atoms with Gasteiger partial charge in [0.2, 0.25) is 11.8 Å². The molecule has 2 amide bonds. The predicted octanol–water partition coefficient (Wildman–Crippen LogP) is 1.72. The van der Waals surface area contributed by atoms with E-state index in [0.717, 1.165) is 22.2 Å². The van der Waals surface area contributed by atoms with E-state index in [1.165, 1.54) is 0 Å². The number of nitrogens with zero attached hydrogens (tertiary/aromatic N) is 1. The molecule has 2 atom stereocenters. The molecular weight excluding hydrogens is 346 g/mol. The van der Waals surface area contributed by atoms with Gasteiger partial charge in [-0.05, 0) is 37.1 Å². The van der Waals surface area contributed by atoms with Gasteiger partial charge in [0.1, 0.15) is 5.75 Å². The van der Waals surface area contributed by atoms with Crippen molar-refractivity contribution in [3.05, 3.63) is 30.0 Å². The van der Waals surface area contributed by atoms with Crippen molar-refractivity contribution in [1.29, 1.82) is 0 Å². The Bertz CT molecular complexity index is 817. The number of fused-ring (bicyclic) bond motifs is 1. The fraction of sp³-hybridized carbons (Fsp3) is 0.500. The lowest BCUT2D eigenvalue weighted by atomic mass is 10.1. The first kappa shape index (κ1) is 19.2. The monoisotopic (exact) mass is 373 g/mol.